The van der Waals surface area contributed by atoms with E-state index in [1.54, 1.807) is 0 Å². The highest BCUT2D eigenvalue weighted by Crippen LogP contribution is 2.26. The van der Waals surface area contributed by atoms with E-state index in [-0.39, 0.29) is 5.57 Å². The number of morpholine rings is 1. The van der Waals surface area contributed by atoms with Crippen molar-refractivity contribution in [1.82, 2.24) is 0 Å². The van der Waals surface area contributed by atoms with Gasteiger partial charge in [-0.3, -0.25) is 4.79 Å². The number of hydrogen-bond acceptors (Lipinski definition) is 5. The van der Waals surface area contributed by atoms with Gasteiger partial charge in [0.2, 0.25) is 0 Å². The van der Waals surface area contributed by atoms with Crippen molar-refractivity contribution in [2.24, 2.45) is 0 Å². The SMILES string of the molecule is Cc1ccc(NC(=O)/C(C#N)=C\Nc2ccccc2N2CCOCC2)c(C)c1. The standard InChI is InChI=1S/C22H24N4O2/c1-16-7-8-19(17(2)13-16)25-22(27)18(14-23)15-24-20-5-3-4-6-21(20)26-9-11-28-12-10-26/h3-8,13,15,24H,9-12H2,1-2H3,(H,25,27)/b18-15-. The van der Waals surface area contributed by atoms with Gasteiger partial charge in [-0.2, -0.15) is 5.26 Å². The number of nitrogens with one attached hydrogen (secondary N) is 2. The van der Waals surface area contributed by atoms with E-state index in [0.717, 1.165) is 35.6 Å². The second-order valence-corrected chi connectivity index (χ2v) is 6.70. The molecule has 0 bridgehead atoms. The van der Waals surface area contributed by atoms with E-state index >= 15 is 0 Å². The average molecular weight is 376 g/mol. The highest BCUT2D eigenvalue weighted by Gasteiger charge is 2.15. The Labute approximate surface area is 165 Å². The zero-order valence-electron chi connectivity index (χ0n) is 16.2. The van der Waals surface area contributed by atoms with Crippen LogP contribution in [0.5, 0.6) is 0 Å². The number of nitriles is 1. The maximum atomic E-state index is 12.5. The van der Waals surface area contributed by atoms with Crippen LogP contribution >= 0.6 is 0 Å². The number of carbonyl (C=O) groups excluding carboxylic acids is 1. The van der Waals surface area contributed by atoms with Crippen molar-refractivity contribution in [1.29, 1.82) is 5.26 Å². The van der Waals surface area contributed by atoms with E-state index in [9.17, 15) is 10.1 Å². The average Bonchev–Trinajstić information content (AvgIpc) is 2.71. The van der Waals surface area contributed by atoms with Gasteiger partial charge in [0.1, 0.15) is 11.6 Å². The molecule has 0 spiro atoms. The molecule has 2 N–H and O–H groups in total. The molecule has 0 radical (unpaired) electrons. The summed E-state index contributed by atoms with van der Waals surface area (Å²) in [5, 5.41) is 15.4. The number of amides is 1. The van der Waals surface area contributed by atoms with Gasteiger partial charge in [-0.25, -0.2) is 0 Å². The first-order valence-corrected chi connectivity index (χ1v) is 9.25. The minimum Gasteiger partial charge on any atom is -0.378 e. The van der Waals surface area contributed by atoms with Crippen molar-refractivity contribution in [3.05, 3.63) is 65.4 Å². The molecular formula is C22H24N4O2. The van der Waals surface area contributed by atoms with Crippen LogP contribution in [-0.2, 0) is 9.53 Å². The van der Waals surface area contributed by atoms with Crippen LogP contribution in [0.15, 0.2) is 54.2 Å². The van der Waals surface area contributed by atoms with Gasteiger partial charge >= 0.3 is 0 Å². The number of ether oxygens (including phenoxy) is 1. The first kappa shape index (κ1) is 19.5. The first-order chi connectivity index (χ1) is 13.6. The lowest BCUT2D eigenvalue weighted by Gasteiger charge is -2.30. The summed E-state index contributed by atoms with van der Waals surface area (Å²) in [6.07, 6.45) is 1.46. The van der Waals surface area contributed by atoms with E-state index in [4.69, 9.17) is 4.74 Å². The molecule has 2 aromatic rings. The summed E-state index contributed by atoms with van der Waals surface area (Å²) >= 11 is 0. The maximum Gasteiger partial charge on any atom is 0.267 e. The number of rotatable bonds is 5. The monoisotopic (exact) mass is 376 g/mol. The lowest BCUT2D eigenvalue weighted by Crippen LogP contribution is -2.36. The van der Waals surface area contributed by atoms with Gasteiger partial charge in [-0.15, -0.1) is 0 Å². The molecule has 3 rings (SSSR count). The van der Waals surface area contributed by atoms with E-state index in [0.29, 0.717) is 18.9 Å². The summed E-state index contributed by atoms with van der Waals surface area (Å²) in [5.41, 5.74) is 4.65. The molecule has 0 saturated carbocycles. The molecule has 6 nitrogen and oxygen atoms in total. The van der Waals surface area contributed by atoms with Crippen LogP contribution in [0.25, 0.3) is 0 Å². The molecule has 0 unspecified atom stereocenters. The Morgan fingerprint density at radius 1 is 1.14 bits per heavy atom. The van der Waals surface area contributed by atoms with E-state index < -0.39 is 5.91 Å². The number of aryl methyl sites for hydroxylation is 2. The van der Waals surface area contributed by atoms with Gasteiger partial charge in [-0.1, -0.05) is 29.8 Å². The van der Waals surface area contributed by atoms with E-state index in [1.165, 1.54) is 6.20 Å². The van der Waals surface area contributed by atoms with Gasteiger partial charge in [-0.05, 0) is 37.6 Å². The number of hydrogen-bond donors (Lipinski definition) is 2. The highest BCUT2D eigenvalue weighted by molar-refractivity contribution is 6.07. The summed E-state index contributed by atoms with van der Waals surface area (Å²) in [7, 11) is 0. The van der Waals surface area contributed by atoms with E-state index in [1.807, 2.05) is 62.4 Å². The van der Waals surface area contributed by atoms with Gasteiger partial charge in [0.25, 0.3) is 5.91 Å². The molecule has 1 aliphatic rings. The molecule has 2 aromatic carbocycles. The topological polar surface area (TPSA) is 77.4 Å². The molecule has 0 aromatic heterocycles. The molecule has 0 atom stereocenters. The Hall–Kier alpha value is -3.30. The number of benzene rings is 2. The third kappa shape index (κ3) is 4.70. The van der Waals surface area contributed by atoms with Gasteiger partial charge in [0, 0.05) is 25.0 Å². The van der Waals surface area contributed by atoms with E-state index in [2.05, 4.69) is 15.5 Å². The van der Waals surface area contributed by atoms with Crippen LogP contribution in [-0.4, -0.2) is 32.2 Å². The second-order valence-electron chi connectivity index (χ2n) is 6.70. The number of carbonyl (C=O) groups is 1. The molecule has 1 heterocycles. The third-order valence-electron chi connectivity index (χ3n) is 4.62. The van der Waals surface area contributed by atoms with Gasteiger partial charge in [0.15, 0.2) is 0 Å². The normalized spacial score (nSPS) is 14.3. The second kappa shape index (κ2) is 9.07. The quantitative estimate of drug-likeness (QED) is 0.616. The molecule has 1 aliphatic heterocycles. The van der Waals surface area contributed by atoms with Crippen LogP contribution in [0, 0.1) is 25.2 Å². The Bertz CT molecular complexity index is 924. The van der Waals surface area contributed by atoms with Crippen molar-refractivity contribution < 1.29 is 9.53 Å². The minimum atomic E-state index is -0.439. The summed E-state index contributed by atoms with van der Waals surface area (Å²) in [5.74, 6) is -0.439. The molecule has 1 amide bonds. The van der Waals surface area contributed by atoms with Crippen LogP contribution < -0.4 is 15.5 Å². The largest absolute Gasteiger partial charge is 0.378 e. The Morgan fingerprint density at radius 2 is 1.89 bits per heavy atom. The molecule has 1 saturated heterocycles. The van der Waals surface area contributed by atoms with Gasteiger partial charge in [0.05, 0.1) is 24.6 Å². The summed E-state index contributed by atoms with van der Waals surface area (Å²) in [6, 6.07) is 15.6. The minimum absolute atomic E-state index is 0.0109. The molecule has 28 heavy (non-hydrogen) atoms. The third-order valence-corrected chi connectivity index (χ3v) is 4.62. The molecule has 6 heteroatoms. The van der Waals surface area contributed by atoms with Crippen molar-refractivity contribution in [2.75, 3.05) is 41.8 Å². The maximum absolute atomic E-state index is 12.5. The highest BCUT2D eigenvalue weighted by atomic mass is 16.5. The zero-order chi connectivity index (χ0) is 19.9. The molecule has 144 valence electrons. The lowest BCUT2D eigenvalue weighted by atomic mass is 10.1. The fraction of sp³-hybridized carbons (Fsp3) is 0.273. The lowest BCUT2D eigenvalue weighted by molar-refractivity contribution is -0.112. The summed E-state index contributed by atoms with van der Waals surface area (Å²) in [4.78, 5) is 14.7. The Balaban J connectivity index is 1.75. The van der Waals surface area contributed by atoms with Crippen molar-refractivity contribution in [2.45, 2.75) is 13.8 Å². The fourth-order valence-corrected chi connectivity index (χ4v) is 3.12. The fourth-order valence-electron chi connectivity index (χ4n) is 3.12. The molecule has 0 aliphatic carbocycles. The van der Waals surface area contributed by atoms with Crippen LogP contribution in [0.2, 0.25) is 0 Å². The Kier molecular flexibility index (Phi) is 6.30. The van der Waals surface area contributed by atoms with Crippen molar-refractivity contribution in [3.63, 3.8) is 0 Å². The number of para-hydroxylation sites is 2. The molecule has 1 fully saturated rings. The molecular weight excluding hydrogens is 352 g/mol. The van der Waals surface area contributed by atoms with Gasteiger partial charge < -0.3 is 20.3 Å². The predicted octanol–water partition coefficient (Wildman–Crippen LogP) is 3.60. The summed E-state index contributed by atoms with van der Waals surface area (Å²) in [6.45, 7) is 6.91. The number of nitrogens with zero attached hydrogens (tertiary/aromatic N) is 2. The zero-order valence-corrected chi connectivity index (χ0v) is 16.2. The predicted molar refractivity (Wildman–Crippen MR) is 111 cm³/mol. The van der Waals surface area contributed by atoms with Crippen molar-refractivity contribution in [3.8, 4) is 6.07 Å². The van der Waals surface area contributed by atoms with Crippen molar-refractivity contribution >= 4 is 23.0 Å². The summed E-state index contributed by atoms with van der Waals surface area (Å²) < 4.78 is 5.41. The first-order valence-electron chi connectivity index (χ1n) is 9.25. The van der Waals surface area contributed by atoms with Crippen LogP contribution in [0.4, 0.5) is 17.1 Å². The smallest absolute Gasteiger partial charge is 0.267 e. The Morgan fingerprint density at radius 3 is 2.61 bits per heavy atom. The number of anilines is 3. The van der Waals surface area contributed by atoms with Crippen LogP contribution in [0.3, 0.4) is 0 Å². The van der Waals surface area contributed by atoms with Crippen LogP contribution in [0.1, 0.15) is 11.1 Å².